The number of rotatable bonds is 56. The number of carbonyl (C=O) groups excluding carboxylic acids is 5. The molecule has 0 amide bonds. The number of carbonyl (C=O) groups is 5. The molecule has 440 valence electrons. The second-order valence-electron chi connectivity index (χ2n) is 21.6. The lowest BCUT2D eigenvalue weighted by Gasteiger charge is -2.37. The van der Waals surface area contributed by atoms with Crippen LogP contribution in [0.15, 0.2) is 0 Å². The lowest BCUT2D eigenvalue weighted by Crippen LogP contribution is -2.42. The number of unbranched alkanes of at least 4 members (excludes halogenated alkanes) is 19. The summed E-state index contributed by atoms with van der Waals surface area (Å²) in [5.41, 5.74) is 0. The molecule has 14 heteroatoms. The molecule has 14 nitrogen and oxygen atoms in total. The van der Waals surface area contributed by atoms with E-state index < -0.39 is 0 Å². The molecule has 0 unspecified atom stereocenters. The van der Waals surface area contributed by atoms with E-state index in [-0.39, 0.29) is 87.2 Å². The summed E-state index contributed by atoms with van der Waals surface area (Å²) in [6.07, 6.45) is 32.9. The first kappa shape index (κ1) is 70.2. The minimum atomic E-state index is -0.238. The van der Waals surface area contributed by atoms with Gasteiger partial charge in [0.05, 0.1) is 52.9 Å². The number of hydrogen-bond donors (Lipinski definition) is 1. The first-order valence-corrected chi connectivity index (χ1v) is 30.9. The third kappa shape index (κ3) is 43.8. The van der Waals surface area contributed by atoms with E-state index in [0.717, 1.165) is 161 Å². The van der Waals surface area contributed by atoms with Gasteiger partial charge in [0, 0.05) is 75.7 Å². The first-order chi connectivity index (χ1) is 36.6. The van der Waals surface area contributed by atoms with E-state index in [4.69, 9.17) is 33.2 Å². The Morgan fingerprint density at radius 1 is 0.387 bits per heavy atom. The van der Waals surface area contributed by atoms with Crippen LogP contribution in [0.4, 0.5) is 0 Å². The van der Waals surface area contributed by atoms with Crippen LogP contribution in [0.25, 0.3) is 0 Å². The molecule has 0 aliphatic heterocycles. The predicted molar refractivity (Wildman–Crippen MR) is 298 cm³/mol. The van der Waals surface area contributed by atoms with Gasteiger partial charge < -0.3 is 38.3 Å². The van der Waals surface area contributed by atoms with E-state index in [2.05, 4.69) is 32.6 Å². The SMILES string of the molecule is CCCCCCCC(=O)OCC(CCCCOCC(COCCCCC(COC(=O)CCCCCCC)COC(=O)CCCCCCC)COC(=O)CCCCN(CCO)C1CCC1)COC(=O)CCCCCCC. The van der Waals surface area contributed by atoms with Crippen LogP contribution in [-0.2, 0) is 57.1 Å². The van der Waals surface area contributed by atoms with Crippen LogP contribution in [0.2, 0.25) is 0 Å². The van der Waals surface area contributed by atoms with Gasteiger partial charge in [0.1, 0.15) is 0 Å². The van der Waals surface area contributed by atoms with Gasteiger partial charge in [0.15, 0.2) is 0 Å². The van der Waals surface area contributed by atoms with E-state index in [1.54, 1.807) is 0 Å². The lowest BCUT2D eigenvalue weighted by atomic mass is 9.91. The molecular weight excluding hydrogens is 955 g/mol. The Labute approximate surface area is 457 Å². The number of aliphatic hydroxyl groups is 1. The third-order valence-electron chi connectivity index (χ3n) is 14.4. The Kier molecular flexibility index (Phi) is 48.6. The fourth-order valence-corrected chi connectivity index (χ4v) is 9.20. The second-order valence-corrected chi connectivity index (χ2v) is 21.6. The Bertz CT molecular complexity index is 1230. The summed E-state index contributed by atoms with van der Waals surface area (Å²) in [6, 6.07) is 0.547. The van der Waals surface area contributed by atoms with Crippen LogP contribution in [0.3, 0.4) is 0 Å². The maximum absolute atomic E-state index is 12.9. The molecule has 0 radical (unpaired) electrons. The minimum absolute atomic E-state index is 0.0925. The Morgan fingerprint density at radius 3 is 1.01 bits per heavy atom. The normalized spacial score (nSPS) is 12.7. The zero-order valence-electron chi connectivity index (χ0n) is 48.5. The molecule has 0 bridgehead atoms. The van der Waals surface area contributed by atoms with Crippen molar-refractivity contribution in [1.82, 2.24) is 4.90 Å². The van der Waals surface area contributed by atoms with E-state index >= 15 is 0 Å². The maximum Gasteiger partial charge on any atom is 0.305 e. The van der Waals surface area contributed by atoms with Crippen molar-refractivity contribution in [2.75, 3.05) is 79.2 Å². The van der Waals surface area contributed by atoms with Crippen molar-refractivity contribution >= 4 is 29.8 Å². The van der Waals surface area contributed by atoms with Crippen LogP contribution in [-0.4, -0.2) is 125 Å². The zero-order chi connectivity index (χ0) is 54.7. The van der Waals surface area contributed by atoms with E-state index in [9.17, 15) is 29.1 Å². The van der Waals surface area contributed by atoms with Gasteiger partial charge in [0.25, 0.3) is 0 Å². The molecule has 0 aromatic carbocycles. The van der Waals surface area contributed by atoms with Gasteiger partial charge in [-0.25, -0.2) is 0 Å². The number of hydrogen-bond acceptors (Lipinski definition) is 14. The highest BCUT2D eigenvalue weighted by Crippen LogP contribution is 2.25. The fraction of sp³-hybridized carbons (Fsp3) is 0.918. The Morgan fingerprint density at radius 2 is 0.707 bits per heavy atom. The monoisotopic (exact) mass is 1070 g/mol. The molecule has 1 aliphatic rings. The predicted octanol–water partition coefficient (Wildman–Crippen LogP) is 13.4. The minimum Gasteiger partial charge on any atom is -0.465 e. The molecule has 0 saturated heterocycles. The molecule has 1 saturated carbocycles. The van der Waals surface area contributed by atoms with Gasteiger partial charge in [-0.05, 0) is 83.6 Å². The summed E-state index contributed by atoms with van der Waals surface area (Å²) in [4.78, 5) is 65.6. The second kappa shape index (κ2) is 51.9. The number of ether oxygens (including phenoxy) is 7. The molecule has 0 atom stereocenters. The molecule has 75 heavy (non-hydrogen) atoms. The van der Waals surface area contributed by atoms with Crippen LogP contribution in [0, 0.1) is 17.8 Å². The quantitative estimate of drug-likeness (QED) is 0.0346. The van der Waals surface area contributed by atoms with Crippen molar-refractivity contribution in [3.05, 3.63) is 0 Å². The summed E-state index contributed by atoms with van der Waals surface area (Å²) in [5.74, 6) is -1.38. The van der Waals surface area contributed by atoms with Crippen LogP contribution >= 0.6 is 0 Å². The molecule has 0 spiro atoms. The fourth-order valence-electron chi connectivity index (χ4n) is 9.20. The molecular formula is C61H113NO13. The van der Waals surface area contributed by atoms with E-state index in [1.165, 1.54) is 44.9 Å². The molecule has 0 heterocycles. The summed E-state index contributed by atoms with van der Waals surface area (Å²) >= 11 is 0. The van der Waals surface area contributed by atoms with Gasteiger partial charge in [0.2, 0.25) is 0 Å². The van der Waals surface area contributed by atoms with Crippen LogP contribution < -0.4 is 0 Å². The van der Waals surface area contributed by atoms with Crippen molar-refractivity contribution in [1.29, 1.82) is 0 Å². The summed E-state index contributed by atoms with van der Waals surface area (Å²) in [6.45, 7) is 13.2. The van der Waals surface area contributed by atoms with Crippen molar-refractivity contribution in [3.63, 3.8) is 0 Å². The molecule has 1 aliphatic carbocycles. The smallest absolute Gasteiger partial charge is 0.305 e. The first-order valence-electron chi connectivity index (χ1n) is 30.9. The average Bonchev–Trinajstić information content (AvgIpc) is 3.38. The topological polar surface area (TPSA) is 173 Å². The standard InChI is InChI=1S/C61H113NO13/c1-5-9-13-17-21-36-57(64)71-48-53(49-72-58(65)37-22-18-14-10-6-2)32-26-29-44-69-46-55(52-75-61(68)40-25-28-41-62(42-43-63)56-34-31-35-56)47-70-45-30-27-33-54(50-73-59(66)38-23-19-15-11-7-3)51-74-60(67)39-24-20-16-12-8-4/h53-56,63H,5-52H2,1-4H3. The van der Waals surface area contributed by atoms with E-state index in [1.807, 2.05) is 0 Å². The van der Waals surface area contributed by atoms with Gasteiger partial charge in [-0.15, -0.1) is 0 Å². The zero-order valence-corrected chi connectivity index (χ0v) is 48.5. The molecule has 1 rings (SSSR count). The van der Waals surface area contributed by atoms with Gasteiger partial charge in [-0.1, -0.05) is 150 Å². The summed E-state index contributed by atoms with van der Waals surface area (Å²) in [7, 11) is 0. The van der Waals surface area contributed by atoms with E-state index in [0.29, 0.717) is 71.1 Å². The van der Waals surface area contributed by atoms with Crippen LogP contribution in [0.1, 0.15) is 259 Å². The molecule has 1 N–H and O–H groups in total. The van der Waals surface area contributed by atoms with Crippen molar-refractivity contribution in [2.45, 2.75) is 265 Å². The molecule has 0 aromatic rings. The summed E-state index contributed by atoms with van der Waals surface area (Å²) in [5, 5.41) is 9.53. The van der Waals surface area contributed by atoms with Crippen LogP contribution in [0.5, 0.6) is 0 Å². The maximum atomic E-state index is 12.9. The van der Waals surface area contributed by atoms with Crippen molar-refractivity contribution < 1.29 is 62.2 Å². The van der Waals surface area contributed by atoms with Crippen molar-refractivity contribution in [2.24, 2.45) is 17.8 Å². The van der Waals surface area contributed by atoms with Crippen molar-refractivity contribution in [3.8, 4) is 0 Å². The largest absolute Gasteiger partial charge is 0.465 e. The number of nitrogens with zero attached hydrogens (tertiary/aromatic N) is 1. The molecule has 0 aromatic heterocycles. The Balaban J connectivity index is 2.76. The highest BCUT2D eigenvalue weighted by Gasteiger charge is 2.24. The van der Waals surface area contributed by atoms with Gasteiger partial charge in [-0.3, -0.25) is 28.9 Å². The third-order valence-corrected chi connectivity index (χ3v) is 14.4. The highest BCUT2D eigenvalue weighted by atomic mass is 16.6. The van der Waals surface area contributed by atoms with Gasteiger partial charge in [-0.2, -0.15) is 0 Å². The summed E-state index contributed by atoms with van der Waals surface area (Å²) < 4.78 is 40.9. The molecule has 1 fully saturated rings. The highest BCUT2D eigenvalue weighted by molar-refractivity contribution is 5.70. The van der Waals surface area contributed by atoms with Gasteiger partial charge >= 0.3 is 29.8 Å². The number of aliphatic hydroxyl groups excluding tert-OH is 1. The Hall–Kier alpha value is -2.81. The number of esters is 5. The average molecular weight is 1070 g/mol. The lowest BCUT2D eigenvalue weighted by molar-refractivity contribution is -0.151.